The monoisotopic (exact) mass is 883 g/mol. The van der Waals surface area contributed by atoms with Gasteiger partial charge in [0.1, 0.15) is 40.9 Å². The maximum absolute atomic E-state index is 14.8. The zero-order valence-corrected chi connectivity index (χ0v) is 37.6. The molecular formula is C42H59N8O9S2-. The van der Waals surface area contributed by atoms with Crippen LogP contribution in [0.4, 0.5) is 9.93 Å². The molecule has 61 heavy (non-hydrogen) atoms. The lowest BCUT2D eigenvalue weighted by atomic mass is 9.87. The summed E-state index contributed by atoms with van der Waals surface area (Å²) in [5.74, 6) is -1.38. The molecule has 5 N–H and O–H groups in total. The molecule has 6 rings (SSSR count). The van der Waals surface area contributed by atoms with E-state index >= 15 is 0 Å². The largest absolute Gasteiger partial charge is 0.760 e. The molecule has 1 aliphatic carbocycles. The van der Waals surface area contributed by atoms with Gasteiger partial charge in [0, 0.05) is 59.2 Å². The number of carboxylic acids is 1. The summed E-state index contributed by atoms with van der Waals surface area (Å²) in [6.07, 6.45) is 4.55. The molecule has 3 aliphatic rings. The van der Waals surface area contributed by atoms with Gasteiger partial charge in [-0.2, -0.15) is 0 Å². The number of hydrogen-bond acceptors (Lipinski definition) is 12. The number of pyridine rings is 1. The van der Waals surface area contributed by atoms with Crippen LogP contribution < -0.4 is 30.7 Å². The number of carboxylic acid groups (broad SMARTS) is 1. The third-order valence-electron chi connectivity index (χ3n) is 11.8. The van der Waals surface area contributed by atoms with Crippen molar-refractivity contribution in [2.24, 2.45) is 11.3 Å². The molecule has 19 heteroatoms. The number of fused-ring (bicyclic) bond motifs is 3. The quantitative estimate of drug-likeness (QED) is 0.151. The van der Waals surface area contributed by atoms with Crippen LogP contribution in [0.2, 0.25) is 0 Å². The van der Waals surface area contributed by atoms with Gasteiger partial charge in [-0.3, -0.25) is 13.8 Å². The number of aliphatic carboxylic acids is 1. The summed E-state index contributed by atoms with van der Waals surface area (Å²) in [6.45, 7) is 9.65. The standard InChI is InChI=1S/C42H60N8O9S2/c1-24(2)43-40-46-32(23-60-40)31-19-34(28-16-15-26(58-7)17-30(28)44-31)59-27-18-33-36(51)48-42(38(53)54)20-25(42)13-11-9-8-10-12-14-29(37(52)50(33)21-27)45-39(55)47-35(41(3,4)5)22-49(6)61(56)57/h15-17,19,23-25,27,29,33,35H,8-14,18,20-22H2,1-7H3,(H,43,46)(H,48,51)(H,53,54)(H,56,57)(H2,45,47,55)/p-1/t25?,27-,29+,33+,35-,42-/m1/s1. The Morgan fingerprint density at radius 1 is 1.11 bits per heavy atom. The average Bonchev–Trinajstić information content (AvgIpc) is 3.46. The fourth-order valence-corrected chi connectivity index (χ4v) is 9.30. The van der Waals surface area contributed by atoms with E-state index in [1.807, 2.05) is 46.1 Å². The SMILES string of the molecule is COc1ccc2c(O[C@@H]3C[C@H]4C(=O)N[C@]5(C(=O)O)CC5CCCCCCC[C@H](NC(=O)N[C@H](CN(C)S(=O)[O-])C(C)(C)C)C(=O)N4C3)cc(-c3csc(NC(C)C)n3)nc2c1. The topological polar surface area (TPSA) is 227 Å². The van der Waals surface area contributed by atoms with E-state index < -0.39 is 70.3 Å². The van der Waals surface area contributed by atoms with Crippen molar-refractivity contribution in [3.8, 4) is 22.9 Å². The molecule has 4 heterocycles. The Bertz CT molecular complexity index is 2110. The van der Waals surface area contributed by atoms with Crippen LogP contribution in [0.1, 0.15) is 92.4 Å². The lowest BCUT2D eigenvalue weighted by Crippen LogP contribution is -2.59. The van der Waals surface area contributed by atoms with E-state index in [-0.39, 0.29) is 37.9 Å². The molecule has 2 aliphatic heterocycles. The number of rotatable bonds is 12. The molecule has 0 spiro atoms. The van der Waals surface area contributed by atoms with Crippen LogP contribution >= 0.6 is 11.3 Å². The summed E-state index contributed by atoms with van der Waals surface area (Å²) in [5.41, 5.74) is -0.208. The van der Waals surface area contributed by atoms with Crippen LogP contribution in [-0.2, 0) is 25.7 Å². The first-order valence-corrected chi connectivity index (χ1v) is 22.9. The second kappa shape index (κ2) is 19.2. The molecule has 0 radical (unpaired) electrons. The van der Waals surface area contributed by atoms with Gasteiger partial charge in [0.2, 0.25) is 11.8 Å². The molecule has 0 bridgehead atoms. The molecule has 3 fully saturated rings. The number of carbonyl (C=O) groups is 4. The molecule has 3 aromatic rings. The van der Waals surface area contributed by atoms with Crippen LogP contribution in [0.25, 0.3) is 22.3 Å². The van der Waals surface area contributed by atoms with E-state index in [2.05, 4.69) is 21.3 Å². The molecule has 4 amide bonds. The molecule has 1 saturated carbocycles. The van der Waals surface area contributed by atoms with Gasteiger partial charge >= 0.3 is 12.0 Å². The fraction of sp³-hybridized carbons (Fsp3) is 0.619. The normalized spacial score (nSPS) is 24.8. The van der Waals surface area contributed by atoms with Crippen molar-refractivity contribution in [1.29, 1.82) is 0 Å². The molecule has 2 aromatic heterocycles. The number of thiazole rings is 1. The predicted molar refractivity (Wildman–Crippen MR) is 232 cm³/mol. The highest BCUT2D eigenvalue weighted by Gasteiger charge is 2.62. The molecule has 17 nitrogen and oxygen atoms in total. The number of aromatic nitrogens is 2. The van der Waals surface area contributed by atoms with Crippen LogP contribution in [-0.4, -0.2) is 120 Å². The molecular weight excluding hydrogens is 825 g/mol. The number of nitrogens with zero attached hydrogens (tertiary/aromatic N) is 4. The second-order valence-electron chi connectivity index (χ2n) is 17.8. The first-order chi connectivity index (χ1) is 28.9. The number of hydrogen-bond donors (Lipinski definition) is 5. The summed E-state index contributed by atoms with van der Waals surface area (Å²) in [7, 11) is 2.98. The molecule has 2 unspecified atom stereocenters. The van der Waals surface area contributed by atoms with Gasteiger partial charge < -0.3 is 45.3 Å². The Labute approximate surface area is 363 Å². The predicted octanol–water partition coefficient (Wildman–Crippen LogP) is 5.05. The lowest BCUT2D eigenvalue weighted by molar-refractivity contribution is -0.145. The summed E-state index contributed by atoms with van der Waals surface area (Å²) < 4.78 is 36.7. The number of ether oxygens (including phenoxy) is 2. The van der Waals surface area contributed by atoms with Gasteiger partial charge in [-0.05, 0) is 63.6 Å². The first-order valence-electron chi connectivity index (χ1n) is 21.0. The number of methoxy groups -OCH3 is 1. The Morgan fingerprint density at radius 2 is 1.84 bits per heavy atom. The van der Waals surface area contributed by atoms with E-state index in [1.165, 1.54) is 23.3 Å². The van der Waals surface area contributed by atoms with Crippen LogP contribution in [0.15, 0.2) is 29.6 Å². The first kappa shape index (κ1) is 45.9. The van der Waals surface area contributed by atoms with Crippen molar-refractivity contribution in [1.82, 2.24) is 35.1 Å². The van der Waals surface area contributed by atoms with Crippen molar-refractivity contribution < 1.29 is 42.5 Å². The van der Waals surface area contributed by atoms with E-state index in [0.29, 0.717) is 53.1 Å². The average molecular weight is 884 g/mol. The fourth-order valence-electron chi connectivity index (χ4n) is 8.18. The number of urea groups is 1. The number of amides is 4. The molecule has 2 saturated heterocycles. The van der Waals surface area contributed by atoms with Crippen molar-refractivity contribution in [2.75, 3.05) is 32.6 Å². The number of benzene rings is 1. The van der Waals surface area contributed by atoms with Gasteiger partial charge in [-0.1, -0.05) is 52.9 Å². The van der Waals surface area contributed by atoms with Crippen LogP contribution in [0, 0.1) is 11.3 Å². The highest BCUT2D eigenvalue weighted by Crippen LogP contribution is 2.48. The summed E-state index contributed by atoms with van der Waals surface area (Å²) in [5, 5.41) is 25.6. The van der Waals surface area contributed by atoms with E-state index in [4.69, 9.17) is 19.4 Å². The molecule has 7 atom stereocenters. The summed E-state index contributed by atoms with van der Waals surface area (Å²) in [6, 6.07) is 3.96. The van der Waals surface area contributed by atoms with E-state index in [1.54, 1.807) is 25.3 Å². The molecule has 1 aromatic carbocycles. The number of likely N-dealkylation sites (N-methyl/N-ethyl adjacent to an activating group) is 1. The summed E-state index contributed by atoms with van der Waals surface area (Å²) >= 11 is -1.06. The lowest BCUT2D eigenvalue weighted by Gasteiger charge is -2.35. The Hall–Kier alpha value is -4.59. The van der Waals surface area contributed by atoms with Gasteiger partial charge in [0.25, 0.3) is 0 Å². The van der Waals surface area contributed by atoms with E-state index in [0.717, 1.165) is 35.1 Å². The van der Waals surface area contributed by atoms with E-state index in [9.17, 15) is 33.0 Å². The minimum absolute atomic E-state index is 0.00199. The zero-order chi connectivity index (χ0) is 44.2. The summed E-state index contributed by atoms with van der Waals surface area (Å²) in [4.78, 5) is 66.6. The number of carbonyl (C=O) groups excluding carboxylic acids is 3. The highest BCUT2D eigenvalue weighted by molar-refractivity contribution is 7.76. The smallest absolute Gasteiger partial charge is 0.329 e. The number of nitrogens with one attached hydrogen (secondary N) is 4. The van der Waals surface area contributed by atoms with Crippen LogP contribution in [0.5, 0.6) is 11.5 Å². The van der Waals surface area contributed by atoms with Crippen molar-refractivity contribution in [3.05, 3.63) is 29.6 Å². The maximum Gasteiger partial charge on any atom is 0.329 e. The van der Waals surface area contributed by atoms with Gasteiger partial charge in [0.15, 0.2) is 5.13 Å². The maximum atomic E-state index is 14.8. The Morgan fingerprint density at radius 3 is 2.51 bits per heavy atom. The van der Waals surface area contributed by atoms with Gasteiger partial charge in [-0.25, -0.2) is 23.9 Å². The van der Waals surface area contributed by atoms with Crippen molar-refractivity contribution in [2.45, 2.75) is 128 Å². The van der Waals surface area contributed by atoms with Crippen molar-refractivity contribution in [3.63, 3.8) is 0 Å². The minimum Gasteiger partial charge on any atom is -0.760 e. The highest BCUT2D eigenvalue weighted by atomic mass is 32.2. The second-order valence-corrected chi connectivity index (χ2v) is 19.8. The Kier molecular flexibility index (Phi) is 14.5. The Balaban J connectivity index is 1.32. The molecule has 334 valence electrons. The third kappa shape index (κ3) is 11.1. The van der Waals surface area contributed by atoms with Gasteiger partial charge in [-0.15, -0.1) is 11.3 Å². The van der Waals surface area contributed by atoms with Crippen LogP contribution in [0.3, 0.4) is 0 Å². The number of anilines is 1. The third-order valence-corrected chi connectivity index (χ3v) is 13.3. The van der Waals surface area contributed by atoms with Crippen molar-refractivity contribution >= 4 is 62.5 Å². The zero-order valence-electron chi connectivity index (χ0n) is 35.9. The minimum atomic E-state index is -2.51. The van der Waals surface area contributed by atoms with Gasteiger partial charge in [0.05, 0.1) is 24.9 Å².